The molecule has 6 nitrogen and oxygen atoms in total. The van der Waals surface area contributed by atoms with Gasteiger partial charge in [-0.3, -0.25) is 9.59 Å². The molecule has 1 aliphatic carbocycles. The van der Waals surface area contributed by atoms with E-state index in [1.165, 1.54) is 4.90 Å². The minimum atomic E-state index is -0.977. The van der Waals surface area contributed by atoms with Gasteiger partial charge in [0.15, 0.2) is 10.7 Å². The van der Waals surface area contributed by atoms with E-state index in [1.54, 1.807) is 11.8 Å². The Kier molecular flexibility index (Phi) is 6.82. The van der Waals surface area contributed by atoms with Gasteiger partial charge in [-0.2, -0.15) is 0 Å². The van der Waals surface area contributed by atoms with E-state index >= 15 is 0 Å². The van der Waals surface area contributed by atoms with Gasteiger partial charge >= 0.3 is 5.97 Å². The lowest BCUT2D eigenvalue weighted by Gasteiger charge is -2.44. The van der Waals surface area contributed by atoms with Crippen LogP contribution >= 0.6 is 24.0 Å². The van der Waals surface area contributed by atoms with Gasteiger partial charge in [-0.15, -0.1) is 11.8 Å². The maximum Gasteiger partial charge on any atom is 0.313 e. The summed E-state index contributed by atoms with van der Waals surface area (Å²) in [4.78, 5) is 31.8. The van der Waals surface area contributed by atoms with Gasteiger partial charge in [-0.25, -0.2) is 0 Å². The van der Waals surface area contributed by atoms with Crippen LogP contribution in [0.3, 0.4) is 0 Å². The fourth-order valence-corrected chi connectivity index (χ4v) is 7.79. The van der Waals surface area contributed by atoms with Crippen LogP contribution in [0.15, 0.2) is 29.2 Å². The van der Waals surface area contributed by atoms with Crippen LogP contribution in [0.25, 0.3) is 0 Å². The topological polar surface area (TPSA) is 61.9 Å². The predicted octanol–water partition coefficient (Wildman–Crippen LogP) is 5.18. The summed E-state index contributed by atoms with van der Waals surface area (Å²) in [5.41, 5.74) is -0.956. The summed E-state index contributed by atoms with van der Waals surface area (Å²) in [5.74, 6) is 1.16. The summed E-state index contributed by atoms with van der Waals surface area (Å²) < 4.78 is 5.86. The Balaban J connectivity index is 1.12. The minimum Gasteiger partial charge on any atom is -0.448 e. The molecule has 1 N–H and O–H groups in total. The number of hydrogen-bond donors (Lipinski definition) is 1. The predicted molar refractivity (Wildman–Crippen MR) is 148 cm³/mol. The molecule has 8 heteroatoms. The lowest BCUT2D eigenvalue weighted by molar-refractivity contribution is -0.175. The molecule has 1 aromatic rings. The molecule has 4 fully saturated rings. The Morgan fingerprint density at radius 2 is 1.64 bits per heavy atom. The van der Waals surface area contributed by atoms with Crippen molar-refractivity contribution >= 4 is 46.7 Å². The van der Waals surface area contributed by atoms with Crippen LogP contribution in [-0.4, -0.2) is 64.8 Å². The highest BCUT2D eigenvalue weighted by molar-refractivity contribution is 7.98. The molecule has 4 aliphatic rings. The van der Waals surface area contributed by atoms with Gasteiger partial charge < -0.3 is 19.9 Å². The van der Waals surface area contributed by atoms with Crippen molar-refractivity contribution in [1.82, 2.24) is 9.80 Å². The van der Waals surface area contributed by atoms with Gasteiger partial charge in [-0.1, -0.05) is 19.9 Å². The Morgan fingerprint density at radius 1 is 1.03 bits per heavy atom. The molecule has 0 radical (unpaired) electrons. The van der Waals surface area contributed by atoms with Crippen LogP contribution in [0.4, 0.5) is 5.69 Å². The fourth-order valence-electron chi connectivity index (χ4n) is 7.03. The number of amides is 1. The first-order valence-electron chi connectivity index (χ1n) is 13.3. The quantitative estimate of drug-likeness (QED) is 0.328. The second kappa shape index (κ2) is 9.50. The molecular formula is C28H39N3O3S2. The minimum absolute atomic E-state index is 0.0392. The van der Waals surface area contributed by atoms with Crippen molar-refractivity contribution in [3.63, 3.8) is 0 Å². The number of hydrogen-bond acceptors (Lipinski definition) is 5. The molecule has 0 spiro atoms. The molecule has 196 valence electrons. The SMILES string of the molecule is CSc1cccc(NC(=S)N2CCC(C3CCN(C(=O)C45CCC(C)(C(=O)O4)C5(C)C)CC3)CC2)c1. The Bertz CT molecular complexity index is 1050. The summed E-state index contributed by atoms with van der Waals surface area (Å²) >= 11 is 7.45. The van der Waals surface area contributed by atoms with Gasteiger partial charge in [-0.05, 0) is 94.0 Å². The largest absolute Gasteiger partial charge is 0.448 e. The first-order chi connectivity index (χ1) is 17.1. The zero-order chi connectivity index (χ0) is 25.7. The van der Waals surface area contributed by atoms with Crippen molar-refractivity contribution in [2.45, 2.75) is 69.8 Å². The van der Waals surface area contributed by atoms with E-state index in [4.69, 9.17) is 17.0 Å². The molecule has 1 aromatic carbocycles. The van der Waals surface area contributed by atoms with Crippen LogP contribution in [0.1, 0.15) is 59.3 Å². The number of nitrogens with zero attached hydrogens (tertiary/aromatic N) is 2. The zero-order valence-electron chi connectivity index (χ0n) is 22.0. The number of rotatable bonds is 4. The summed E-state index contributed by atoms with van der Waals surface area (Å²) in [6, 6.07) is 8.36. The maximum absolute atomic E-state index is 13.7. The maximum atomic E-state index is 13.7. The number of likely N-dealkylation sites (tertiary alicyclic amines) is 2. The number of benzene rings is 1. The Labute approximate surface area is 224 Å². The van der Waals surface area contributed by atoms with Gasteiger partial charge in [0, 0.05) is 42.2 Å². The van der Waals surface area contributed by atoms with E-state index in [0.717, 1.165) is 69.1 Å². The van der Waals surface area contributed by atoms with Gasteiger partial charge in [0.25, 0.3) is 5.91 Å². The lowest BCUT2D eigenvalue weighted by Crippen LogP contribution is -2.56. The molecular weight excluding hydrogens is 490 g/mol. The number of nitrogens with one attached hydrogen (secondary N) is 1. The third kappa shape index (κ3) is 4.03. The highest BCUT2D eigenvalue weighted by Crippen LogP contribution is 2.66. The molecule has 3 heterocycles. The molecule has 2 atom stereocenters. The number of thioether (sulfide) groups is 1. The first-order valence-corrected chi connectivity index (χ1v) is 15.0. The monoisotopic (exact) mass is 529 g/mol. The number of ether oxygens (including phenoxy) is 1. The second-order valence-electron chi connectivity index (χ2n) is 11.8. The van der Waals surface area contributed by atoms with E-state index in [2.05, 4.69) is 40.7 Å². The van der Waals surface area contributed by atoms with E-state index in [0.29, 0.717) is 18.3 Å². The number of fused-ring (bicyclic) bond motifs is 2. The van der Waals surface area contributed by atoms with E-state index in [9.17, 15) is 9.59 Å². The molecule has 0 aromatic heterocycles. The number of carbonyl (C=O) groups excluding carboxylic acids is 2. The standard InChI is InChI=1S/C28H39N3O3S2/c1-26(2)27(3)12-13-28(26,34-24(27)33)23(32)30-14-8-19(9-15-30)20-10-16-31(17-11-20)25(35)29-21-6-5-7-22(18-21)36-4/h5-7,18-20H,8-17H2,1-4H3,(H,29,35). The molecule has 2 bridgehead atoms. The Hall–Kier alpha value is -1.80. The van der Waals surface area contributed by atoms with Crippen LogP contribution in [0.2, 0.25) is 0 Å². The third-order valence-corrected chi connectivity index (χ3v) is 11.2. The fraction of sp³-hybridized carbons (Fsp3) is 0.679. The molecule has 1 saturated carbocycles. The van der Waals surface area contributed by atoms with Crippen molar-refractivity contribution in [3.05, 3.63) is 24.3 Å². The molecule has 36 heavy (non-hydrogen) atoms. The average molecular weight is 530 g/mol. The van der Waals surface area contributed by atoms with E-state index < -0.39 is 16.4 Å². The van der Waals surface area contributed by atoms with Crippen LogP contribution < -0.4 is 5.32 Å². The summed E-state index contributed by atoms with van der Waals surface area (Å²) in [6.45, 7) is 9.54. The van der Waals surface area contributed by atoms with E-state index in [-0.39, 0.29) is 11.9 Å². The molecule has 3 aliphatic heterocycles. The summed E-state index contributed by atoms with van der Waals surface area (Å²) in [7, 11) is 0. The van der Waals surface area contributed by atoms with Gasteiger partial charge in [0.1, 0.15) is 0 Å². The van der Waals surface area contributed by atoms with Crippen LogP contribution in [0.5, 0.6) is 0 Å². The van der Waals surface area contributed by atoms with Crippen LogP contribution in [0, 0.1) is 22.7 Å². The normalized spacial score (nSPS) is 30.4. The van der Waals surface area contributed by atoms with E-state index in [1.807, 2.05) is 25.7 Å². The lowest BCUT2D eigenvalue weighted by atomic mass is 9.66. The van der Waals surface area contributed by atoms with Crippen molar-refractivity contribution in [3.8, 4) is 0 Å². The van der Waals surface area contributed by atoms with Crippen molar-refractivity contribution in [2.24, 2.45) is 22.7 Å². The molecule has 5 rings (SSSR count). The van der Waals surface area contributed by atoms with Crippen molar-refractivity contribution in [1.29, 1.82) is 0 Å². The number of thiocarbonyl (C=S) groups is 1. The molecule has 1 amide bonds. The van der Waals surface area contributed by atoms with Crippen molar-refractivity contribution < 1.29 is 14.3 Å². The first kappa shape index (κ1) is 25.8. The van der Waals surface area contributed by atoms with Gasteiger partial charge in [0.2, 0.25) is 0 Å². The number of piperidine rings is 2. The van der Waals surface area contributed by atoms with Crippen LogP contribution in [-0.2, 0) is 14.3 Å². The molecule has 2 unspecified atom stereocenters. The van der Waals surface area contributed by atoms with Gasteiger partial charge in [0.05, 0.1) is 5.41 Å². The third-order valence-electron chi connectivity index (χ3n) is 10.1. The average Bonchev–Trinajstić information content (AvgIpc) is 3.19. The summed E-state index contributed by atoms with van der Waals surface area (Å²) in [5, 5.41) is 4.22. The zero-order valence-corrected chi connectivity index (χ0v) is 23.6. The van der Waals surface area contributed by atoms with Crippen molar-refractivity contribution in [2.75, 3.05) is 37.8 Å². The Morgan fingerprint density at radius 3 is 2.17 bits per heavy atom. The number of anilines is 1. The number of carbonyl (C=O) groups is 2. The second-order valence-corrected chi connectivity index (χ2v) is 13.1. The molecule has 3 saturated heterocycles. The highest BCUT2D eigenvalue weighted by Gasteiger charge is 2.76. The smallest absolute Gasteiger partial charge is 0.313 e. The summed E-state index contributed by atoms with van der Waals surface area (Å²) in [6.07, 6.45) is 7.80. The number of esters is 1. The highest BCUT2D eigenvalue weighted by atomic mass is 32.2.